The maximum Gasteiger partial charge on any atom is 0.243 e. The van der Waals surface area contributed by atoms with E-state index in [1.54, 1.807) is 0 Å². The lowest BCUT2D eigenvalue weighted by atomic mass is 9.34. The molecule has 0 N–H and O–H groups in total. The van der Waals surface area contributed by atoms with Crippen molar-refractivity contribution in [3.63, 3.8) is 0 Å². The van der Waals surface area contributed by atoms with Crippen molar-refractivity contribution < 1.29 is 0 Å². The van der Waals surface area contributed by atoms with E-state index in [0.29, 0.717) is 0 Å². The summed E-state index contributed by atoms with van der Waals surface area (Å²) in [6.07, 6.45) is 0. The van der Waals surface area contributed by atoms with Crippen LogP contribution in [0.25, 0.3) is 21.5 Å². The fourth-order valence-corrected chi connectivity index (χ4v) is 4.70. The van der Waals surface area contributed by atoms with Gasteiger partial charge < -0.3 is 0 Å². The highest BCUT2D eigenvalue weighted by Gasteiger charge is 2.28. The summed E-state index contributed by atoms with van der Waals surface area (Å²) in [5, 5.41) is 5.28. The minimum absolute atomic E-state index is 0.188. The first kappa shape index (κ1) is 17.8. The van der Waals surface area contributed by atoms with E-state index in [0.717, 1.165) is 0 Å². The van der Waals surface area contributed by atoms with Crippen molar-refractivity contribution in [2.45, 2.75) is 13.8 Å². The fourth-order valence-electron chi connectivity index (χ4n) is 4.70. The van der Waals surface area contributed by atoms with Gasteiger partial charge in [0.15, 0.2) is 0 Å². The van der Waals surface area contributed by atoms with Crippen molar-refractivity contribution in [1.82, 2.24) is 0 Å². The molecule has 1 heteroatoms. The van der Waals surface area contributed by atoms with E-state index in [1.165, 1.54) is 49.1 Å². The summed E-state index contributed by atoms with van der Waals surface area (Å²) < 4.78 is 0. The number of benzene rings is 5. The molecule has 0 atom stereocenters. The summed E-state index contributed by atoms with van der Waals surface area (Å²) in [7, 11) is 0. The third-order valence-electron chi connectivity index (χ3n) is 6.09. The monoisotopic (exact) mass is 370 g/mol. The second-order valence-corrected chi connectivity index (χ2v) is 7.88. The molecule has 0 spiro atoms. The van der Waals surface area contributed by atoms with E-state index < -0.39 is 0 Å². The van der Waals surface area contributed by atoms with Crippen molar-refractivity contribution in [1.29, 1.82) is 0 Å². The third kappa shape index (κ3) is 3.04. The van der Waals surface area contributed by atoms with Gasteiger partial charge in [0.1, 0.15) is 0 Å². The highest BCUT2D eigenvalue weighted by Crippen LogP contribution is 2.19. The Morgan fingerprint density at radius 3 is 1.41 bits per heavy atom. The summed E-state index contributed by atoms with van der Waals surface area (Å²) in [4.78, 5) is 0. The van der Waals surface area contributed by atoms with Gasteiger partial charge in [-0.3, -0.25) is 0 Å². The van der Waals surface area contributed by atoms with Crippen LogP contribution in [0.15, 0.2) is 103 Å². The molecule has 5 aromatic carbocycles. The predicted molar refractivity (Wildman–Crippen MR) is 128 cm³/mol. The van der Waals surface area contributed by atoms with Gasteiger partial charge in [0.05, 0.1) is 0 Å². The molecule has 0 radical (unpaired) electrons. The standard InChI is InChI=1S/C28H23B/c1-20-16-18-22-10-6-8-14-25(22)27(20)29(24-12-4-3-5-13-24)28-21(2)17-19-23-11-7-9-15-26(23)28/h3-19H,1-2H3. The van der Waals surface area contributed by atoms with Crippen LogP contribution in [0, 0.1) is 13.8 Å². The van der Waals surface area contributed by atoms with Gasteiger partial charge in [0.2, 0.25) is 6.71 Å². The quantitative estimate of drug-likeness (QED) is 0.387. The summed E-state index contributed by atoms with van der Waals surface area (Å²) in [6, 6.07) is 37.5. The predicted octanol–water partition coefficient (Wildman–Crippen LogP) is 5.13. The maximum atomic E-state index is 2.27. The van der Waals surface area contributed by atoms with Crippen LogP contribution in [0.4, 0.5) is 0 Å². The summed E-state index contributed by atoms with van der Waals surface area (Å²) in [5.74, 6) is 0. The first-order chi connectivity index (χ1) is 14.2. The molecule has 0 heterocycles. The molecule has 0 aromatic heterocycles. The molecule has 29 heavy (non-hydrogen) atoms. The van der Waals surface area contributed by atoms with Crippen LogP contribution in [-0.2, 0) is 0 Å². The van der Waals surface area contributed by atoms with Crippen LogP contribution in [0.5, 0.6) is 0 Å². The Balaban J connectivity index is 1.92. The average Bonchev–Trinajstić information content (AvgIpc) is 2.77. The number of fused-ring (bicyclic) bond motifs is 2. The molecule has 0 amide bonds. The van der Waals surface area contributed by atoms with Gasteiger partial charge in [-0.2, -0.15) is 0 Å². The molecule has 0 aliphatic heterocycles. The van der Waals surface area contributed by atoms with E-state index in [1.807, 2.05) is 0 Å². The molecule has 0 nitrogen and oxygen atoms in total. The third-order valence-corrected chi connectivity index (χ3v) is 6.09. The summed E-state index contributed by atoms with van der Waals surface area (Å²) in [5.41, 5.74) is 6.84. The van der Waals surface area contributed by atoms with Crippen molar-refractivity contribution in [2.24, 2.45) is 0 Å². The molecule has 0 fully saturated rings. The molecular formula is C28H23B. The van der Waals surface area contributed by atoms with Gasteiger partial charge in [-0.25, -0.2) is 0 Å². The minimum atomic E-state index is 0.188. The van der Waals surface area contributed by atoms with E-state index in [-0.39, 0.29) is 6.71 Å². The highest BCUT2D eigenvalue weighted by molar-refractivity contribution is 6.98. The molecule has 5 rings (SSSR count). The summed E-state index contributed by atoms with van der Waals surface area (Å²) in [6.45, 7) is 4.68. The summed E-state index contributed by atoms with van der Waals surface area (Å²) >= 11 is 0. The van der Waals surface area contributed by atoms with Crippen LogP contribution >= 0.6 is 0 Å². The molecule has 0 aliphatic carbocycles. The lowest BCUT2D eigenvalue weighted by molar-refractivity contribution is 1.52. The van der Waals surface area contributed by atoms with Crippen molar-refractivity contribution >= 4 is 44.6 Å². The average molecular weight is 370 g/mol. The molecule has 138 valence electrons. The molecule has 0 saturated heterocycles. The van der Waals surface area contributed by atoms with Crippen LogP contribution in [0.2, 0.25) is 0 Å². The van der Waals surface area contributed by atoms with E-state index in [4.69, 9.17) is 0 Å². The molecule has 0 aliphatic rings. The second-order valence-electron chi connectivity index (χ2n) is 7.88. The van der Waals surface area contributed by atoms with Crippen molar-refractivity contribution in [2.75, 3.05) is 0 Å². The van der Waals surface area contributed by atoms with Gasteiger partial charge in [-0.05, 0) is 35.4 Å². The van der Waals surface area contributed by atoms with Crippen molar-refractivity contribution in [3.05, 3.63) is 114 Å². The zero-order valence-electron chi connectivity index (χ0n) is 16.9. The Bertz CT molecular complexity index is 1230. The molecule has 0 unspecified atom stereocenters. The largest absolute Gasteiger partial charge is 0.243 e. The molecule has 0 saturated carbocycles. The zero-order valence-corrected chi connectivity index (χ0v) is 16.9. The van der Waals surface area contributed by atoms with Crippen LogP contribution in [-0.4, -0.2) is 6.71 Å². The zero-order chi connectivity index (χ0) is 19.8. The number of hydrogen-bond donors (Lipinski definition) is 0. The van der Waals surface area contributed by atoms with Gasteiger partial charge >= 0.3 is 0 Å². The van der Waals surface area contributed by atoms with E-state index in [2.05, 4.69) is 117 Å². The molecular weight excluding hydrogens is 347 g/mol. The van der Waals surface area contributed by atoms with E-state index in [9.17, 15) is 0 Å². The Kier molecular flexibility index (Phi) is 4.44. The lowest BCUT2D eigenvalue weighted by Crippen LogP contribution is -2.54. The first-order valence-electron chi connectivity index (χ1n) is 10.3. The molecule has 5 aromatic rings. The van der Waals surface area contributed by atoms with Crippen LogP contribution < -0.4 is 16.4 Å². The number of hydrogen-bond acceptors (Lipinski definition) is 0. The number of rotatable bonds is 3. The molecule has 0 bridgehead atoms. The first-order valence-corrected chi connectivity index (χ1v) is 10.3. The fraction of sp³-hybridized carbons (Fsp3) is 0.0714. The Labute approximate surface area is 172 Å². The minimum Gasteiger partial charge on any atom is -0.0686 e. The Hall–Kier alpha value is -3.32. The highest BCUT2D eigenvalue weighted by atomic mass is 14.1. The normalized spacial score (nSPS) is 11.1. The second kappa shape index (κ2) is 7.26. The smallest absolute Gasteiger partial charge is 0.0686 e. The Morgan fingerprint density at radius 1 is 0.448 bits per heavy atom. The SMILES string of the molecule is Cc1ccc2ccccc2c1B(c1ccccc1)c1c(C)ccc2ccccc12. The lowest BCUT2D eigenvalue weighted by Gasteiger charge is -2.23. The van der Waals surface area contributed by atoms with E-state index >= 15 is 0 Å². The van der Waals surface area contributed by atoms with Crippen LogP contribution in [0.3, 0.4) is 0 Å². The van der Waals surface area contributed by atoms with Gasteiger partial charge in [0.25, 0.3) is 0 Å². The van der Waals surface area contributed by atoms with Gasteiger partial charge in [-0.1, -0.05) is 131 Å². The number of aryl methyl sites for hydroxylation is 2. The van der Waals surface area contributed by atoms with Crippen LogP contribution in [0.1, 0.15) is 11.1 Å². The van der Waals surface area contributed by atoms with Gasteiger partial charge in [0, 0.05) is 0 Å². The Morgan fingerprint density at radius 2 is 0.897 bits per heavy atom. The van der Waals surface area contributed by atoms with Gasteiger partial charge in [-0.15, -0.1) is 0 Å². The van der Waals surface area contributed by atoms with Crippen molar-refractivity contribution in [3.8, 4) is 0 Å². The maximum absolute atomic E-state index is 2.27. The topological polar surface area (TPSA) is 0 Å².